The van der Waals surface area contributed by atoms with Crippen LogP contribution in [0.1, 0.15) is 44.4 Å². The Morgan fingerprint density at radius 3 is 2.28 bits per heavy atom. The van der Waals surface area contributed by atoms with Gasteiger partial charge in [-0.05, 0) is 58.9 Å². The first-order chi connectivity index (χ1) is 11.9. The number of nitrogens with zero attached hydrogens (tertiary/aromatic N) is 1. The Morgan fingerprint density at radius 2 is 1.68 bits per heavy atom. The van der Waals surface area contributed by atoms with E-state index in [1.807, 2.05) is 24.3 Å². The second-order valence-electron chi connectivity index (χ2n) is 6.94. The molecule has 0 spiro atoms. The van der Waals surface area contributed by atoms with Gasteiger partial charge in [-0.3, -0.25) is 0 Å². The standard InChI is InChI=1S/C21H27NO3/c1-5-16-8-11-20(19(14-16)21(2,3)4)25-13-12-24-18-9-6-17(7-10-18)15-22-23/h6-11,14-15,23H,5,12-13H2,1-4H3. The number of oxime groups is 1. The zero-order valence-corrected chi connectivity index (χ0v) is 15.5. The summed E-state index contributed by atoms with van der Waals surface area (Å²) >= 11 is 0. The molecule has 0 aromatic heterocycles. The second kappa shape index (κ2) is 8.56. The predicted molar refractivity (Wildman–Crippen MR) is 101 cm³/mol. The monoisotopic (exact) mass is 341 g/mol. The number of benzene rings is 2. The van der Waals surface area contributed by atoms with E-state index in [1.54, 1.807) is 0 Å². The van der Waals surface area contributed by atoms with Crippen LogP contribution in [0.15, 0.2) is 47.6 Å². The molecule has 0 bridgehead atoms. The highest BCUT2D eigenvalue weighted by atomic mass is 16.5. The number of ether oxygens (including phenoxy) is 2. The molecule has 0 heterocycles. The molecule has 1 N–H and O–H groups in total. The van der Waals surface area contributed by atoms with Crippen LogP contribution in [0.25, 0.3) is 0 Å². The molecule has 2 rings (SSSR count). The van der Waals surface area contributed by atoms with Gasteiger partial charge in [0.1, 0.15) is 24.7 Å². The molecule has 0 aliphatic carbocycles. The molecule has 0 atom stereocenters. The van der Waals surface area contributed by atoms with E-state index in [-0.39, 0.29) is 5.41 Å². The van der Waals surface area contributed by atoms with Crippen molar-refractivity contribution in [3.63, 3.8) is 0 Å². The smallest absolute Gasteiger partial charge is 0.123 e. The molecule has 2 aromatic rings. The van der Waals surface area contributed by atoms with Crippen LogP contribution in [-0.4, -0.2) is 24.6 Å². The maximum atomic E-state index is 8.50. The van der Waals surface area contributed by atoms with Crippen molar-refractivity contribution in [2.24, 2.45) is 5.16 Å². The van der Waals surface area contributed by atoms with Crippen LogP contribution < -0.4 is 9.47 Å². The van der Waals surface area contributed by atoms with E-state index in [1.165, 1.54) is 17.3 Å². The summed E-state index contributed by atoms with van der Waals surface area (Å²) in [5.41, 5.74) is 3.39. The zero-order chi connectivity index (χ0) is 18.3. The van der Waals surface area contributed by atoms with E-state index in [4.69, 9.17) is 14.7 Å². The predicted octanol–water partition coefficient (Wildman–Crippen LogP) is 4.81. The van der Waals surface area contributed by atoms with Crippen LogP contribution in [-0.2, 0) is 11.8 Å². The van der Waals surface area contributed by atoms with Crippen molar-refractivity contribution in [3.8, 4) is 11.5 Å². The third-order valence-corrected chi connectivity index (χ3v) is 3.96. The highest BCUT2D eigenvalue weighted by Gasteiger charge is 2.19. The molecule has 0 amide bonds. The fourth-order valence-corrected chi connectivity index (χ4v) is 2.54. The van der Waals surface area contributed by atoms with Gasteiger partial charge in [0.2, 0.25) is 0 Å². The summed E-state index contributed by atoms with van der Waals surface area (Å²) in [4.78, 5) is 0. The molecule has 0 saturated heterocycles. The van der Waals surface area contributed by atoms with Gasteiger partial charge in [-0.15, -0.1) is 0 Å². The second-order valence-corrected chi connectivity index (χ2v) is 6.94. The van der Waals surface area contributed by atoms with Gasteiger partial charge >= 0.3 is 0 Å². The maximum Gasteiger partial charge on any atom is 0.123 e. The summed E-state index contributed by atoms with van der Waals surface area (Å²) in [6.45, 7) is 9.70. The minimum Gasteiger partial charge on any atom is -0.490 e. The van der Waals surface area contributed by atoms with E-state index in [0.29, 0.717) is 13.2 Å². The number of rotatable bonds is 7. The Labute approximate surface area is 150 Å². The van der Waals surface area contributed by atoms with Crippen molar-refractivity contribution < 1.29 is 14.7 Å². The molecule has 2 aromatic carbocycles. The molecule has 0 unspecified atom stereocenters. The van der Waals surface area contributed by atoms with Gasteiger partial charge in [0.25, 0.3) is 0 Å². The molecule has 25 heavy (non-hydrogen) atoms. The van der Waals surface area contributed by atoms with E-state index in [2.05, 4.69) is 51.0 Å². The van der Waals surface area contributed by atoms with Gasteiger partial charge in [-0.25, -0.2) is 0 Å². The minimum absolute atomic E-state index is 0.0332. The van der Waals surface area contributed by atoms with Crippen LogP contribution in [0, 0.1) is 0 Å². The van der Waals surface area contributed by atoms with Crippen molar-refractivity contribution in [1.82, 2.24) is 0 Å². The van der Waals surface area contributed by atoms with Crippen molar-refractivity contribution in [2.75, 3.05) is 13.2 Å². The fourth-order valence-electron chi connectivity index (χ4n) is 2.54. The number of aryl methyl sites for hydroxylation is 1. The van der Waals surface area contributed by atoms with Gasteiger partial charge < -0.3 is 14.7 Å². The molecular formula is C21H27NO3. The number of hydrogen-bond acceptors (Lipinski definition) is 4. The third-order valence-electron chi connectivity index (χ3n) is 3.96. The van der Waals surface area contributed by atoms with Crippen LogP contribution >= 0.6 is 0 Å². The van der Waals surface area contributed by atoms with Crippen molar-refractivity contribution in [2.45, 2.75) is 39.5 Å². The Hall–Kier alpha value is -2.49. The van der Waals surface area contributed by atoms with Gasteiger partial charge in [-0.1, -0.05) is 45.0 Å². The average molecular weight is 341 g/mol. The van der Waals surface area contributed by atoms with Crippen LogP contribution in [0.4, 0.5) is 0 Å². The number of hydrogen-bond donors (Lipinski definition) is 1. The summed E-state index contributed by atoms with van der Waals surface area (Å²) in [7, 11) is 0. The van der Waals surface area contributed by atoms with E-state index in [0.717, 1.165) is 23.5 Å². The third kappa shape index (κ3) is 5.52. The van der Waals surface area contributed by atoms with Gasteiger partial charge in [0, 0.05) is 0 Å². The summed E-state index contributed by atoms with van der Waals surface area (Å²) in [6, 6.07) is 13.8. The van der Waals surface area contributed by atoms with Gasteiger partial charge in [0.15, 0.2) is 0 Å². The van der Waals surface area contributed by atoms with Crippen molar-refractivity contribution in [3.05, 3.63) is 59.2 Å². The molecular weight excluding hydrogens is 314 g/mol. The summed E-state index contributed by atoms with van der Waals surface area (Å²) in [6.07, 6.45) is 2.39. The first-order valence-corrected chi connectivity index (χ1v) is 8.60. The maximum absolute atomic E-state index is 8.50. The first-order valence-electron chi connectivity index (χ1n) is 8.60. The van der Waals surface area contributed by atoms with Crippen molar-refractivity contribution >= 4 is 6.21 Å². The van der Waals surface area contributed by atoms with Crippen LogP contribution in [0.2, 0.25) is 0 Å². The highest BCUT2D eigenvalue weighted by molar-refractivity contribution is 5.79. The van der Waals surface area contributed by atoms with Crippen LogP contribution in [0.3, 0.4) is 0 Å². The van der Waals surface area contributed by atoms with Gasteiger partial charge in [0.05, 0.1) is 6.21 Å². The summed E-state index contributed by atoms with van der Waals surface area (Å²) in [5, 5.41) is 11.5. The van der Waals surface area contributed by atoms with Gasteiger partial charge in [-0.2, -0.15) is 0 Å². The lowest BCUT2D eigenvalue weighted by atomic mass is 9.85. The lowest BCUT2D eigenvalue weighted by molar-refractivity contribution is 0.214. The molecule has 134 valence electrons. The Morgan fingerprint density at radius 1 is 1.00 bits per heavy atom. The summed E-state index contributed by atoms with van der Waals surface area (Å²) in [5.74, 6) is 1.68. The quantitative estimate of drug-likeness (QED) is 0.340. The topological polar surface area (TPSA) is 51.0 Å². The largest absolute Gasteiger partial charge is 0.490 e. The summed E-state index contributed by atoms with van der Waals surface area (Å²) < 4.78 is 11.7. The molecule has 0 saturated carbocycles. The molecule has 4 heteroatoms. The molecule has 4 nitrogen and oxygen atoms in total. The SMILES string of the molecule is CCc1ccc(OCCOc2ccc(C=NO)cc2)c(C(C)(C)C)c1. The minimum atomic E-state index is 0.0332. The van der Waals surface area contributed by atoms with Crippen LogP contribution in [0.5, 0.6) is 11.5 Å². The molecule has 0 radical (unpaired) electrons. The normalized spacial score (nSPS) is 11.7. The van der Waals surface area contributed by atoms with E-state index >= 15 is 0 Å². The van der Waals surface area contributed by atoms with Crippen molar-refractivity contribution in [1.29, 1.82) is 0 Å². The first kappa shape index (κ1) is 18.8. The highest BCUT2D eigenvalue weighted by Crippen LogP contribution is 2.32. The molecule has 0 aliphatic rings. The van der Waals surface area contributed by atoms with E-state index < -0.39 is 0 Å². The lowest BCUT2D eigenvalue weighted by Crippen LogP contribution is -2.16. The molecule has 0 aliphatic heterocycles. The average Bonchev–Trinajstić information content (AvgIpc) is 2.59. The Kier molecular flexibility index (Phi) is 6.45. The lowest BCUT2D eigenvalue weighted by Gasteiger charge is -2.23. The Balaban J connectivity index is 1.93. The van der Waals surface area contributed by atoms with E-state index in [9.17, 15) is 0 Å². The molecule has 0 fully saturated rings. The Bertz CT molecular complexity index is 700. The zero-order valence-electron chi connectivity index (χ0n) is 15.5. The fraction of sp³-hybridized carbons (Fsp3) is 0.381.